The molecule has 4 N–H and O–H groups in total. The number of hydrogen-bond donors (Lipinski definition) is 4. The van der Waals surface area contributed by atoms with Gasteiger partial charge >= 0.3 is 5.69 Å². The van der Waals surface area contributed by atoms with E-state index in [4.69, 9.17) is 11.6 Å². The fraction of sp³-hybridized carbons (Fsp3) is 0. The lowest BCUT2D eigenvalue weighted by Gasteiger charge is -2.11. The summed E-state index contributed by atoms with van der Waals surface area (Å²) in [5.74, 6) is -3.01. The Morgan fingerprint density at radius 1 is 0.935 bits per heavy atom. The van der Waals surface area contributed by atoms with Crippen molar-refractivity contribution in [1.82, 2.24) is 20.8 Å². The van der Waals surface area contributed by atoms with Gasteiger partial charge in [0.2, 0.25) is 11.6 Å². The molecule has 0 saturated carbocycles. The predicted molar refractivity (Wildman–Crippen MR) is 109 cm³/mol. The van der Waals surface area contributed by atoms with Crippen LogP contribution in [0.3, 0.4) is 0 Å². The molecule has 0 unspecified atom stereocenters. The highest BCUT2D eigenvalue weighted by atomic mass is 35.5. The molecule has 0 aliphatic rings. The van der Waals surface area contributed by atoms with E-state index in [2.05, 4.69) is 31.7 Å². The van der Waals surface area contributed by atoms with Crippen molar-refractivity contribution >= 4 is 40.7 Å². The molecule has 158 valence electrons. The van der Waals surface area contributed by atoms with Crippen LogP contribution in [0.15, 0.2) is 54.9 Å². The second kappa shape index (κ2) is 9.45. The Morgan fingerprint density at radius 2 is 1.52 bits per heavy atom. The van der Waals surface area contributed by atoms with Gasteiger partial charge in [-0.25, -0.2) is 14.4 Å². The van der Waals surface area contributed by atoms with Crippen LogP contribution in [-0.4, -0.2) is 26.7 Å². The Hall–Kier alpha value is -4.32. The minimum Gasteiger partial charge on any atom is -0.276 e. The number of hydrazine groups is 2. The number of amides is 2. The highest BCUT2D eigenvalue weighted by Crippen LogP contribution is 2.27. The van der Waals surface area contributed by atoms with Crippen LogP contribution < -0.4 is 21.7 Å². The fourth-order valence-electron chi connectivity index (χ4n) is 2.35. The maximum atomic E-state index is 13.7. The van der Waals surface area contributed by atoms with Gasteiger partial charge in [-0.1, -0.05) is 23.7 Å². The molecule has 3 rings (SSSR count). The first-order valence-electron chi connectivity index (χ1n) is 8.49. The molecule has 0 atom stereocenters. The number of anilines is 2. The van der Waals surface area contributed by atoms with Crippen LogP contribution in [0.2, 0.25) is 5.02 Å². The molecule has 1 heterocycles. The van der Waals surface area contributed by atoms with Gasteiger partial charge in [-0.3, -0.25) is 41.4 Å². The molecular weight excluding hydrogens is 433 g/mol. The van der Waals surface area contributed by atoms with E-state index in [1.54, 1.807) is 0 Å². The third kappa shape index (κ3) is 5.19. The van der Waals surface area contributed by atoms with Gasteiger partial charge in [0, 0.05) is 10.6 Å². The summed E-state index contributed by atoms with van der Waals surface area (Å²) in [7, 11) is 0. The summed E-state index contributed by atoms with van der Waals surface area (Å²) in [4.78, 5) is 42.4. The lowest BCUT2D eigenvalue weighted by Crippen LogP contribution is -2.32. The highest BCUT2D eigenvalue weighted by molar-refractivity contribution is 6.30. The molecule has 11 nitrogen and oxygen atoms in total. The third-order valence-electron chi connectivity index (χ3n) is 3.82. The van der Waals surface area contributed by atoms with Crippen molar-refractivity contribution in [3.63, 3.8) is 0 Å². The average molecular weight is 446 g/mol. The second-order valence-electron chi connectivity index (χ2n) is 5.82. The summed E-state index contributed by atoms with van der Waals surface area (Å²) < 4.78 is 13.7. The first kappa shape index (κ1) is 21.4. The summed E-state index contributed by atoms with van der Waals surface area (Å²) in [5, 5.41) is 11.9. The van der Waals surface area contributed by atoms with Crippen molar-refractivity contribution in [1.29, 1.82) is 0 Å². The maximum absolute atomic E-state index is 13.7. The molecule has 2 amide bonds. The van der Waals surface area contributed by atoms with Gasteiger partial charge in [-0.2, -0.15) is 0 Å². The summed E-state index contributed by atoms with van der Waals surface area (Å²) in [6.07, 6.45) is 0.960. The van der Waals surface area contributed by atoms with Crippen LogP contribution in [0.5, 0.6) is 0 Å². The monoisotopic (exact) mass is 445 g/mol. The van der Waals surface area contributed by atoms with Crippen molar-refractivity contribution in [2.24, 2.45) is 0 Å². The van der Waals surface area contributed by atoms with E-state index in [1.807, 2.05) is 0 Å². The van der Waals surface area contributed by atoms with E-state index in [1.165, 1.54) is 42.5 Å². The molecule has 0 aliphatic carbocycles. The molecular formula is C18H13ClFN7O4. The summed E-state index contributed by atoms with van der Waals surface area (Å²) in [6, 6.07) is 11.1. The number of rotatable bonds is 7. The zero-order chi connectivity index (χ0) is 22.4. The standard InChI is InChI=1S/C18H13ClFN7O4/c19-11-7-5-10(6-8-11)17(28)25-23-15-14(27(30)31)16(22-9-21-15)24-26-18(29)12-3-1-2-4-13(12)20/h1-9H,(H,25,28)(H,26,29)(H2,21,22,23,24). The predicted octanol–water partition coefficient (Wildman–Crippen LogP) is 2.69. The minimum absolute atomic E-state index is 0.240. The SMILES string of the molecule is O=C(NNc1ncnc(NNC(=O)c2ccccc2F)c1[N+](=O)[O-])c1ccc(Cl)cc1. The molecule has 0 bridgehead atoms. The van der Waals surface area contributed by atoms with E-state index in [9.17, 15) is 24.1 Å². The first-order chi connectivity index (χ1) is 14.9. The molecule has 0 aliphatic heterocycles. The molecule has 0 saturated heterocycles. The number of carbonyl (C=O) groups is 2. The number of nitro groups is 1. The third-order valence-corrected chi connectivity index (χ3v) is 4.07. The molecule has 1 aromatic heterocycles. The quantitative estimate of drug-likeness (QED) is 0.320. The first-order valence-corrected chi connectivity index (χ1v) is 8.87. The molecule has 31 heavy (non-hydrogen) atoms. The normalized spacial score (nSPS) is 10.1. The van der Waals surface area contributed by atoms with Crippen LogP contribution in [0.4, 0.5) is 21.7 Å². The molecule has 0 fully saturated rings. The van der Waals surface area contributed by atoms with E-state index in [0.29, 0.717) is 5.02 Å². The largest absolute Gasteiger partial charge is 0.356 e. The number of aromatic nitrogens is 2. The zero-order valence-electron chi connectivity index (χ0n) is 15.4. The molecule has 2 aromatic carbocycles. The van der Waals surface area contributed by atoms with E-state index < -0.39 is 34.1 Å². The van der Waals surface area contributed by atoms with Crippen molar-refractivity contribution < 1.29 is 18.9 Å². The molecule has 0 radical (unpaired) electrons. The van der Waals surface area contributed by atoms with Crippen molar-refractivity contribution in [3.05, 3.63) is 86.9 Å². The number of halogens is 2. The van der Waals surface area contributed by atoms with E-state index in [-0.39, 0.29) is 16.9 Å². The Morgan fingerprint density at radius 3 is 2.10 bits per heavy atom. The lowest BCUT2D eigenvalue weighted by molar-refractivity contribution is -0.383. The Labute approximate surface area is 178 Å². The molecule has 0 spiro atoms. The highest BCUT2D eigenvalue weighted by Gasteiger charge is 2.24. The van der Waals surface area contributed by atoms with Crippen molar-refractivity contribution in [2.75, 3.05) is 10.9 Å². The summed E-state index contributed by atoms with van der Waals surface area (Å²) in [5.41, 5.74) is 8.27. The van der Waals surface area contributed by atoms with Gasteiger partial charge in [0.15, 0.2) is 0 Å². The number of benzene rings is 2. The van der Waals surface area contributed by atoms with Crippen LogP contribution >= 0.6 is 11.6 Å². The smallest absolute Gasteiger partial charge is 0.276 e. The van der Waals surface area contributed by atoms with Gasteiger partial charge in [-0.05, 0) is 36.4 Å². The van der Waals surface area contributed by atoms with Crippen molar-refractivity contribution in [3.8, 4) is 0 Å². The lowest BCUT2D eigenvalue weighted by atomic mass is 10.2. The van der Waals surface area contributed by atoms with Gasteiger partial charge in [0.05, 0.1) is 10.5 Å². The zero-order valence-corrected chi connectivity index (χ0v) is 16.2. The Bertz CT molecular complexity index is 1140. The number of hydrogen-bond acceptors (Lipinski definition) is 8. The van der Waals surface area contributed by atoms with Gasteiger partial charge < -0.3 is 0 Å². The number of nitrogens with zero attached hydrogens (tertiary/aromatic N) is 3. The number of carbonyl (C=O) groups excluding carboxylic acids is 2. The molecule has 13 heteroatoms. The van der Waals surface area contributed by atoms with Gasteiger partial charge in [0.1, 0.15) is 12.1 Å². The fourth-order valence-corrected chi connectivity index (χ4v) is 2.48. The second-order valence-corrected chi connectivity index (χ2v) is 6.26. The summed E-state index contributed by atoms with van der Waals surface area (Å²) >= 11 is 5.77. The number of nitrogens with one attached hydrogen (secondary N) is 4. The van der Waals surface area contributed by atoms with Gasteiger partial charge in [0.25, 0.3) is 11.8 Å². The van der Waals surface area contributed by atoms with Crippen LogP contribution in [-0.2, 0) is 0 Å². The van der Waals surface area contributed by atoms with E-state index >= 15 is 0 Å². The Kier molecular flexibility index (Phi) is 6.52. The van der Waals surface area contributed by atoms with Crippen molar-refractivity contribution in [2.45, 2.75) is 0 Å². The maximum Gasteiger partial charge on any atom is 0.356 e. The summed E-state index contributed by atoms with van der Waals surface area (Å²) in [6.45, 7) is 0. The average Bonchev–Trinajstić information content (AvgIpc) is 2.76. The van der Waals surface area contributed by atoms with Gasteiger partial charge in [-0.15, -0.1) is 0 Å². The minimum atomic E-state index is -0.878. The van der Waals surface area contributed by atoms with Crippen LogP contribution in [0.25, 0.3) is 0 Å². The van der Waals surface area contributed by atoms with Crippen LogP contribution in [0, 0.1) is 15.9 Å². The van der Waals surface area contributed by atoms with E-state index in [0.717, 1.165) is 12.4 Å². The van der Waals surface area contributed by atoms with Crippen LogP contribution in [0.1, 0.15) is 20.7 Å². The Balaban J connectivity index is 1.74. The molecule has 3 aromatic rings. The topological polar surface area (TPSA) is 151 Å².